The number of azide groups is 1. The van der Waals surface area contributed by atoms with Gasteiger partial charge in [0.1, 0.15) is 11.5 Å². The van der Waals surface area contributed by atoms with Crippen LogP contribution < -0.4 is 19.1 Å². The van der Waals surface area contributed by atoms with E-state index in [-0.39, 0.29) is 17.2 Å². The van der Waals surface area contributed by atoms with Gasteiger partial charge >= 0.3 is 0 Å². The molecule has 0 aliphatic rings. The molecule has 42 heavy (non-hydrogen) atoms. The molecule has 5 rings (SSSR count). The van der Waals surface area contributed by atoms with E-state index >= 15 is 0 Å². The van der Waals surface area contributed by atoms with E-state index in [1.165, 1.54) is 14.2 Å². The average Bonchev–Trinajstić information content (AvgIpc) is 3.01. The molecule has 0 saturated heterocycles. The maximum Gasteiger partial charge on any atom is 0.268 e. The highest BCUT2D eigenvalue weighted by Crippen LogP contribution is 2.37. The van der Waals surface area contributed by atoms with Crippen molar-refractivity contribution in [3.8, 4) is 22.6 Å². The van der Waals surface area contributed by atoms with Gasteiger partial charge in [-0.25, -0.2) is 18.5 Å². The Morgan fingerprint density at radius 2 is 1.57 bits per heavy atom. The van der Waals surface area contributed by atoms with Crippen LogP contribution in [0.15, 0.2) is 96.1 Å². The maximum absolute atomic E-state index is 12.9. The quantitative estimate of drug-likeness (QED) is 0.0832. The fraction of sp³-hybridized carbons (Fsp3) is 0.0690. The fourth-order valence-electron chi connectivity index (χ4n) is 4.23. The molecule has 210 valence electrons. The second-order valence-corrected chi connectivity index (χ2v) is 9.58. The van der Waals surface area contributed by atoms with Crippen LogP contribution in [-0.4, -0.2) is 38.9 Å². The Labute approximate surface area is 242 Å². The maximum atomic E-state index is 12.9. The molecular weight excluding hydrogens is 558 g/mol. The molecule has 0 aliphatic carbocycles. The third-order valence-corrected chi connectivity index (χ3v) is 6.89. The largest absolute Gasteiger partial charge is 0.497 e. The topological polar surface area (TPSA) is 163 Å². The Morgan fingerprint density at radius 1 is 0.905 bits per heavy atom. The van der Waals surface area contributed by atoms with Crippen molar-refractivity contribution in [3.05, 3.63) is 107 Å². The van der Waals surface area contributed by atoms with E-state index in [1.807, 2.05) is 12.1 Å². The molecule has 1 heterocycles. The number of nitrogens with zero attached hydrogens (tertiary/aromatic N) is 6. The summed E-state index contributed by atoms with van der Waals surface area (Å²) in [6.45, 7) is 0. The Kier molecular flexibility index (Phi) is 8.25. The molecule has 0 aliphatic heterocycles. The number of aromatic nitrogens is 2. The third-order valence-electron chi connectivity index (χ3n) is 6.20. The molecular formula is C29H23N7O5S. The van der Waals surface area contributed by atoms with Crippen molar-refractivity contribution < 1.29 is 23.0 Å². The molecule has 0 fully saturated rings. The molecule has 12 nitrogen and oxygen atoms in total. The number of nitrogens with one attached hydrogen (secondary N) is 1. The lowest BCUT2D eigenvalue weighted by atomic mass is 10.0. The number of benzene rings is 4. The molecule has 4 aromatic carbocycles. The van der Waals surface area contributed by atoms with Gasteiger partial charge in [0, 0.05) is 34.4 Å². The third kappa shape index (κ3) is 5.98. The predicted octanol–water partition coefficient (Wildman–Crippen LogP) is 6.78. The second kappa shape index (κ2) is 12.4. The van der Waals surface area contributed by atoms with Gasteiger partial charge in [0.15, 0.2) is 11.6 Å². The van der Waals surface area contributed by atoms with Crippen LogP contribution in [0.4, 0.5) is 23.0 Å². The summed E-state index contributed by atoms with van der Waals surface area (Å²) >= 11 is -2.56. The highest BCUT2D eigenvalue weighted by atomic mass is 32.2. The van der Waals surface area contributed by atoms with E-state index in [2.05, 4.69) is 15.3 Å². The van der Waals surface area contributed by atoms with Crippen LogP contribution in [0.3, 0.4) is 0 Å². The Balaban J connectivity index is 1.60. The molecule has 1 atom stereocenters. The lowest BCUT2D eigenvalue weighted by molar-refractivity contribution is 0.100. The van der Waals surface area contributed by atoms with E-state index in [0.29, 0.717) is 39.5 Å². The zero-order valence-corrected chi connectivity index (χ0v) is 23.1. The van der Waals surface area contributed by atoms with E-state index in [1.54, 1.807) is 78.9 Å². The molecule has 0 saturated carbocycles. The van der Waals surface area contributed by atoms with Gasteiger partial charge in [-0.2, -0.15) is 0 Å². The van der Waals surface area contributed by atoms with Gasteiger partial charge in [-0.1, -0.05) is 48.5 Å². The summed E-state index contributed by atoms with van der Waals surface area (Å²) in [4.78, 5) is 23.8. The summed E-state index contributed by atoms with van der Waals surface area (Å²) in [5.74, 6) is 0.703. The van der Waals surface area contributed by atoms with Crippen molar-refractivity contribution in [1.29, 1.82) is 0 Å². The van der Waals surface area contributed by atoms with Gasteiger partial charge in [-0.05, 0) is 46.0 Å². The number of methoxy groups -OCH3 is 2. The molecule has 13 heteroatoms. The van der Waals surface area contributed by atoms with Crippen molar-refractivity contribution in [2.45, 2.75) is 0 Å². The lowest BCUT2D eigenvalue weighted by Gasteiger charge is -2.23. The van der Waals surface area contributed by atoms with Crippen molar-refractivity contribution in [2.24, 2.45) is 5.11 Å². The molecule has 2 N–H and O–H groups in total. The summed E-state index contributed by atoms with van der Waals surface area (Å²) in [6, 6.07) is 25.8. The normalized spacial score (nSPS) is 11.3. The van der Waals surface area contributed by atoms with Crippen LogP contribution in [0, 0.1) is 0 Å². The number of amides is 1. The first-order chi connectivity index (χ1) is 20.4. The van der Waals surface area contributed by atoms with Gasteiger partial charge in [0.2, 0.25) is 5.91 Å². The van der Waals surface area contributed by atoms with Crippen LogP contribution in [0.5, 0.6) is 11.5 Å². The smallest absolute Gasteiger partial charge is 0.268 e. The van der Waals surface area contributed by atoms with Crippen molar-refractivity contribution >= 4 is 51.2 Å². The minimum Gasteiger partial charge on any atom is -0.497 e. The summed E-state index contributed by atoms with van der Waals surface area (Å²) in [5.41, 5.74) is 12.2. The summed E-state index contributed by atoms with van der Waals surface area (Å²) in [7, 11) is 3.07. The van der Waals surface area contributed by atoms with Gasteiger partial charge in [0.25, 0.3) is 11.3 Å². The predicted molar refractivity (Wildman–Crippen MR) is 161 cm³/mol. The molecule has 5 aromatic rings. The van der Waals surface area contributed by atoms with Crippen LogP contribution in [0.2, 0.25) is 0 Å². The van der Waals surface area contributed by atoms with Crippen LogP contribution >= 0.6 is 0 Å². The van der Waals surface area contributed by atoms with E-state index in [4.69, 9.17) is 25.0 Å². The highest BCUT2D eigenvalue weighted by molar-refractivity contribution is 7.81. The SMILES string of the molecule is COc1cc(Nc2nc3ccccc3nc2N(c2cccc(-c3ccc(C(=O)N=[N+]=[N-])cc3)c2)S(=O)O)cc(OC)c1. The zero-order valence-electron chi connectivity index (χ0n) is 22.3. The van der Waals surface area contributed by atoms with Crippen LogP contribution in [0.1, 0.15) is 10.4 Å². The molecule has 0 spiro atoms. The van der Waals surface area contributed by atoms with Crippen molar-refractivity contribution in [2.75, 3.05) is 23.8 Å². The summed E-state index contributed by atoms with van der Waals surface area (Å²) < 4.78 is 35.4. The first-order valence-electron chi connectivity index (χ1n) is 12.4. The van der Waals surface area contributed by atoms with Crippen LogP contribution in [-0.2, 0) is 11.3 Å². The first kappa shape index (κ1) is 28.1. The summed E-state index contributed by atoms with van der Waals surface area (Å²) in [5, 5.41) is 6.31. The van der Waals surface area contributed by atoms with Gasteiger partial charge < -0.3 is 14.8 Å². The average molecular weight is 582 g/mol. The van der Waals surface area contributed by atoms with Crippen molar-refractivity contribution in [1.82, 2.24) is 9.97 Å². The lowest BCUT2D eigenvalue weighted by Crippen LogP contribution is -2.22. The Bertz CT molecular complexity index is 1840. The van der Waals surface area contributed by atoms with Gasteiger partial charge in [-0.15, -0.1) is 0 Å². The molecule has 0 bridgehead atoms. The number of carbonyl (C=O) groups excluding carboxylic acids is 1. The number of para-hydroxylation sites is 2. The molecule has 1 amide bonds. The molecule has 0 radical (unpaired) electrons. The van der Waals surface area contributed by atoms with Crippen LogP contribution in [0.25, 0.3) is 32.6 Å². The number of rotatable bonds is 9. The summed E-state index contributed by atoms with van der Waals surface area (Å²) in [6.07, 6.45) is 0. The number of anilines is 4. The van der Waals surface area contributed by atoms with Crippen molar-refractivity contribution in [3.63, 3.8) is 0 Å². The van der Waals surface area contributed by atoms with Gasteiger partial charge in [0.05, 0.1) is 30.9 Å². The standard InChI is InChI=1S/C29H23N7O5S/c1-40-23-15-21(16-24(17-23)41-2)31-27-28(33-26-9-4-3-8-25(26)32-27)36(42(38)39)22-7-5-6-20(14-22)18-10-12-19(13-11-18)29(37)34-35-30/h3-17H,1-2H3,(H,31,32)(H,38,39). The Hall–Kier alpha value is -5.49. The number of ether oxygens (including phenoxy) is 2. The number of carbonyl (C=O) groups is 1. The molecule has 1 aromatic heterocycles. The zero-order chi connectivity index (χ0) is 29.6. The number of hydrogen-bond donors (Lipinski definition) is 2. The molecule has 1 unspecified atom stereocenters. The minimum absolute atomic E-state index is 0.101. The highest BCUT2D eigenvalue weighted by Gasteiger charge is 2.23. The number of fused-ring (bicyclic) bond motifs is 1. The van der Waals surface area contributed by atoms with Gasteiger partial charge in [-0.3, -0.25) is 9.35 Å². The van der Waals surface area contributed by atoms with E-state index in [0.717, 1.165) is 9.87 Å². The minimum atomic E-state index is -2.56. The monoisotopic (exact) mass is 581 g/mol. The second-order valence-electron chi connectivity index (χ2n) is 8.76. The fourth-order valence-corrected chi connectivity index (χ4v) is 4.80. The van der Waals surface area contributed by atoms with E-state index in [9.17, 15) is 13.6 Å². The Morgan fingerprint density at radius 3 is 2.19 bits per heavy atom. The van der Waals surface area contributed by atoms with E-state index < -0.39 is 17.2 Å². The first-order valence-corrected chi connectivity index (χ1v) is 13.4. The number of hydrogen-bond acceptors (Lipinski definition) is 7.